The average molecular weight is 588 g/mol. The number of thioether (sulfide) groups is 1. The van der Waals surface area contributed by atoms with Gasteiger partial charge in [0.1, 0.15) is 11.5 Å². The second-order valence-electron chi connectivity index (χ2n) is 10.4. The number of benzene rings is 2. The van der Waals surface area contributed by atoms with Crippen LogP contribution >= 0.6 is 11.8 Å². The molecule has 0 bridgehead atoms. The highest BCUT2D eigenvalue weighted by Gasteiger charge is 2.42. The Kier molecular flexibility index (Phi) is 9.01. The molecule has 3 heterocycles. The van der Waals surface area contributed by atoms with Crippen LogP contribution < -0.4 is 4.74 Å². The molecule has 3 aliphatic heterocycles. The summed E-state index contributed by atoms with van der Waals surface area (Å²) in [6.07, 6.45) is 0.175. The van der Waals surface area contributed by atoms with Gasteiger partial charge in [-0.05, 0) is 56.0 Å². The monoisotopic (exact) mass is 587 g/mol. The SMILES string of the molecule is CCN(CC)C(=O)C1=C(C)N=C2SC=C(CC(=O)N3CCN(C(C)=O)CC3)N2C1c1cccc(Oc2ccccc2)c1. The number of rotatable bonds is 8. The van der Waals surface area contributed by atoms with Crippen LogP contribution in [0.4, 0.5) is 0 Å². The van der Waals surface area contributed by atoms with Crippen LogP contribution in [0.2, 0.25) is 0 Å². The lowest BCUT2D eigenvalue weighted by molar-refractivity contribution is -0.138. The minimum Gasteiger partial charge on any atom is -0.457 e. The summed E-state index contributed by atoms with van der Waals surface area (Å²) in [6, 6.07) is 16.9. The third kappa shape index (κ3) is 6.09. The highest BCUT2D eigenvalue weighted by atomic mass is 32.2. The number of amides is 3. The lowest BCUT2D eigenvalue weighted by Crippen LogP contribution is -2.50. The van der Waals surface area contributed by atoms with E-state index in [1.165, 1.54) is 11.8 Å². The molecule has 5 rings (SSSR count). The first kappa shape index (κ1) is 29.4. The average Bonchev–Trinajstić information content (AvgIpc) is 3.39. The second-order valence-corrected chi connectivity index (χ2v) is 11.3. The zero-order valence-corrected chi connectivity index (χ0v) is 25.4. The maximum atomic E-state index is 14.0. The van der Waals surface area contributed by atoms with Gasteiger partial charge < -0.3 is 24.3 Å². The van der Waals surface area contributed by atoms with E-state index in [9.17, 15) is 14.4 Å². The fourth-order valence-electron chi connectivity index (χ4n) is 5.55. The van der Waals surface area contributed by atoms with E-state index >= 15 is 0 Å². The first-order valence-corrected chi connectivity index (χ1v) is 15.3. The van der Waals surface area contributed by atoms with E-state index in [-0.39, 0.29) is 24.1 Å². The van der Waals surface area contributed by atoms with Gasteiger partial charge in [0, 0.05) is 51.9 Å². The summed E-state index contributed by atoms with van der Waals surface area (Å²) in [5.74, 6) is 1.34. The molecule has 1 fully saturated rings. The molecule has 1 saturated heterocycles. The summed E-state index contributed by atoms with van der Waals surface area (Å²) in [7, 11) is 0. The van der Waals surface area contributed by atoms with E-state index in [1.807, 2.05) is 95.5 Å². The lowest BCUT2D eigenvalue weighted by Gasteiger charge is -2.39. The Balaban J connectivity index is 1.47. The number of likely N-dealkylation sites (N-methyl/N-ethyl adjacent to an activating group) is 1. The smallest absolute Gasteiger partial charge is 0.254 e. The molecule has 1 unspecified atom stereocenters. The standard InChI is InChI=1S/C32H37N5O4S/c1-5-34(6-2)31(40)29-22(3)33-32-37(25(21-42-32)20-28(39)36-17-15-35(16-18-36)23(4)38)30(29)24-11-10-14-27(19-24)41-26-12-8-7-9-13-26/h7-14,19,21,30H,5-6,15-18,20H2,1-4H3. The Morgan fingerprint density at radius 2 is 1.62 bits per heavy atom. The van der Waals surface area contributed by atoms with Crippen LogP contribution in [0.3, 0.4) is 0 Å². The van der Waals surface area contributed by atoms with Crippen molar-refractivity contribution in [2.75, 3.05) is 39.3 Å². The van der Waals surface area contributed by atoms with Crippen molar-refractivity contribution < 1.29 is 19.1 Å². The number of para-hydroxylation sites is 1. The quantitative estimate of drug-likeness (QED) is 0.432. The highest BCUT2D eigenvalue weighted by molar-refractivity contribution is 8.16. The van der Waals surface area contributed by atoms with E-state index in [0.717, 1.165) is 22.2 Å². The summed E-state index contributed by atoms with van der Waals surface area (Å²) in [5, 5.41) is 2.71. The van der Waals surface area contributed by atoms with Gasteiger partial charge >= 0.3 is 0 Å². The minimum atomic E-state index is -0.478. The Bertz CT molecular complexity index is 1440. The number of ether oxygens (including phenoxy) is 1. The van der Waals surface area contributed by atoms with Crippen LogP contribution in [-0.2, 0) is 14.4 Å². The third-order valence-corrected chi connectivity index (χ3v) is 8.73. The van der Waals surface area contributed by atoms with Crippen LogP contribution in [0.1, 0.15) is 45.7 Å². The lowest BCUT2D eigenvalue weighted by atomic mass is 9.92. The zero-order valence-electron chi connectivity index (χ0n) is 24.6. The van der Waals surface area contributed by atoms with E-state index in [0.29, 0.717) is 56.3 Å². The number of amidine groups is 1. The Labute approximate surface area is 251 Å². The maximum absolute atomic E-state index is 14.0. The fraction of sp³-hybridized carbons (Fsp3) is 0.375. The van der Waals surface area contributed by atoms with Crippen molar-refractivity contribution in [2.45, 2.75) is 40.2 Å². The number of carbonyl (C=O) groups is 3. The van der Waals surface area contributed by atoms with Crippen molar-refractivity contribution >= 4 is 34.7 Å². The number of carbonyl (C=O) groups excluding carboxylic acids is 3. The first-order chi connectivity index (χ1) is 20.3. The van der Waals surface area contributed by atoms with Gasteiger partial charge in [-0.15, -0.1) is 0 Å². The molecular weight excluding hydrogens is 550 g/mol. The Morgan fingerprint density at radius 3 is 2.29 bits per heavy atom. The molecule has 0 aliphatic carbocycles. The van der Waals surface area contributed by atoms with Crippen molar-refractivity contribution in [2.24, 2.45) is 4.99 Å². The molecule has 0 radical (unpaired) electrons. The van der Waals surface area contributed by atoms with Gasteiger partial charge in [0.15, 0.2) is 5.17 Å². The number of fused-ring (bicyclic) bond motifs is 1. The van der Waals surface area contributed by atoms with Crippen molar-refractivity contribution in [1.29, 1.82) is 0 Å². The molecule has 2 aromatic carbocycles. The molecule has 42 heavy (non-hydrogen) atoms. The first-order valence-electron chi connectivity index (χ1n) is 14.4. The predicted octanol–water partition coefficient (Wildman–Crippen LogP) is 5.00. The van der Waals surface area contributed by atoms with Crippen LogP contribution in [-0.4, -0.2) is 81.8 Å². The Morgan fingerprint density at radius 1 is 0.952 bits per heavy atom. The van der Waals surface area contributed by atoms with Gasteiger partial charge in [-0.1, -0.05) is 42.1 Å². The molecule has 3 aliphatic rings. The summed E-state index contributed by atoms with van der Waals surface area (Å²) in [6.45, 7) is 10.6. The number of nitrogens with zero attached hydrogens (tertiary/aromatic N) is 5. The van der Waals surface area contributed by atoms with Gasteiger partial charge in [-0.2, -0.15) is 0 Å². The second kappa shape index (κ2) is 12.9. The van der Waals surface area contributed by atoms with Gasteiger partial charge in [-0.25, -0.2) is 4.99 Å². The normalized spacial score (nSPS) is 18.4. The molecule has 0 aromatic heterocycles. The molecule has 1 atom stereocenters. The largest absolute Gasteiger partial charge is 0.457 e. The number of aliphatic imine (C=N–C) groups is 1. The van der Waals surface area contributed by atoms with Gasteiger partial charge in [0.2, 0.25) is 11.8 Å². The van der Waals surface area contributed by atoms with Gasteiger partial charge in [0.25, 0.3) is 5.91 Å². The number of hydrogen-bond acceptors (Lipinski definition) is 7. The molecule has 220 valence electrons. The molecule has 0 N–H and O–H groups in total. The number of allylic oxidation sites excluding steroid dienone is 1. The maximum Gasteiger partial charge on any atom is 0.254 e. The molecule has 3 amide bonds. The van der Waals surface area contributed by atoms with Gasteiger partial charge in [0.05, 0.1) is 23.7 Å². The van der Waals surface area contributed by atoms with Crippen LogP contribution in [0.5, 0.6) is 11.5 Å². The molecule has 2 aromatic rings. The van der Waals surface area contributed by atoms with Crippen LogP contribution in [0, 0.1) is 0 Å². The number of hydrogen-bond donors (Lipinski definition) is 0. The molecule has 9 nitrogen and oxygen atoms in total. The highest BCUT2D eigenvalue weighted by Crippen LogP contribution is 2.45. The molecular formula is C32H37N5O4S. The fourth-order valence-corrected chi connectivity index (χ4v) is 6.51. The van der Waals surface area contributed by atoms with E-state index in [2.05, 4.69) is 0 Å². The van der Waals surface area contributed by atoms with E-state index < -0.39 is 6.04 Å². The number of piperazine rings is 1. The van der Waals surface area contributed by atoms with Crippen molar-refractivity contribution in [1.82, 2.24) is 19.6 Å². The topological polar surface area (TPSA) is 85.8 Å². The van der Waals surface area contributed by atoms with Crippen molar-refractivity contribution in [3.05, 3.63) is 82.5 Å². The van der Waals surface area contributed by atoms with E-state index in [4.69, 9.17) is 9.73 Å². The molecule has 0 spiro atoms. The van der Waals surface area contributed by atoms with Crippen molar-refractivity contribution in [3.8, 4) is 11.5 Å². The summed E-state index contributed by atoms with van der Waals surface area (Å²) >= 11 is 1.47. The summed E-state index contributed by atoms with van der Waals surface area (Å²) in [4.78, 5) is 51.5. The molecule has 10 heteroatoms. The van der Waals surface area contributed by atoms with E-state index in [1.54, 1.807) is 11.8 Å². The summed E-state index contributed by atoms with van der Waals surface area (Å²) < 4.78 is 6.16. The van der Waals surface area contributed by atoms with Crippen LogP contribution in [0.25, 0.3) is 0 Å². The van der Waals surface area contributed by atoms with Gasteiger partial charge in [-0.3, -0.25) is 14.4 Å². The summed E-state index contributed by atoms with van der Waals surface area (Å²) in [5.41, 5.74) is 2.94. The zero-order chi connectivity index (χ0) is 29.8. The van der Waals surface area contributed by atoms with Crippen molar-refractivity contribution in [3.63, 3.8) is 0 Å². The third-order valence-electron chi connectivity index (χ3n) is 7.84. The van der Waals surface area contributed by atoms with Crippen LogP contribution in [0.15, 0.2) is 82.0 Å². The molecule has 0 saturated carbocycles. The Hall–Kier alpha value is -4.05. The minimum absolute atomic E-state index is 0.00546. The predicted molar refractivity (Wildman–Crippen MR) is 165 cm³/mol.